The van der Waals surface area contributed by atoms with Crippen molar-refractivity contribution in [2.45, 2.75) is 32.7 Å². The lowest BCUT2D eigenvalue weighted by Gasteiger charge is -2.32. The van der Waals surface area contributed by atoms with Gasteiger partial charge in [-0.15, -0.1) is 0 Å². The van der Waals surface area contributed by atoms with E-state index in [0.717, 1.165) is 24.1 Å². The summed E-state index contributed by atoms with van der Waals surface area (Å²) in [6.07, 6.45) is 1.58. The first-order chi connectivity index (χ1) is 10.1. The van der Waals surface area contributed by atoms with E-state index < -0.39 is 0 Å². The number of hydrogen-bond acceptors (Lipinski definition) is 4. The number of rotatable bonds is 3. The molecule has 0 bridgehead atoms. The molecule has 0 saturated carbocycles. The lowest BCUT2D eigenvalue weighted by Crippen LogP contribution is -2.42. The van der Waals surface area contributed by atoms with Crippen LogP contribution in [0.25, 0.3) is 0 Å². The van der Waals surface area contributed by atoms with Crippen LogP contribution < -0.4 is 5.32 Å². The molecular weight excluding hydrogens is 266 g/mol. The molecule has 1 aliphatic rings. The Kier molecular flexibility index (Phi) is 5.04. The van der Waals surface area contributed by atoms with Crippen LogP contribution >= 0.6 is 0 Å². The summed E-state index contributed by atoms with van der Waals surface area (Å²) in [5.74, 6) is 0. The van der Waals surface area contributed by atoms with Crippen LogP contribution in [-0.2, 0) is 4.74 Å². The van der Waals surface area contributed by atoms with Crippen molar-refractivity contribution in [1.29, 1.82) is 5.26 Å². The SMILES string of the molecule is CCOC(=O)N1CCC(Nc2ccc(C#N)c(C)c2)CC1. The normalized spacial score (nSPS) is 15.4. The second-order valence-electron chi connectivity index (χ2n) is 5.25. The van der Waals surface area contributed by atoms with Crippen LogP contribution in [0.1, 0.15) is 30.9 Å². The Morgan fingerprint density at radius 3 is 2.76 bits per heavy atom. The van der Waals surface area contributed by atoms with Crippen molar-refractivity contribution in [2.75, 3.05) is 25.0 Å². The van der Waals surface area contributed by atoms with Gasteiger partial charge in [0.15, 0.2) is 0 Å². The molecule has 21 heavy (non-hydrogen) atoms. The predicted molar refractivity (Wildman–Crippen MR) is 81.1 cm³/mol. The van der Waals surface area contributed by atoms with Crippen molar-refractivity contribution in [3.63, 3.8) is 0 Å². The van der Waals surface area contributed by atoms with Gasteiger partial charge in [-0.2, -0.15) is 5.26 Å². The fraction of sp³-hybridized carbons (Fsp3) is 0.500. The Balaban J connectivity index is 1.88. The molecule has 1 amide bonds. The number of amides is 1. The highest BCUT2D eigenvalue weighted by Crippen LogP contribution is 2.19. The zero-order valence-electron chi connectivity index (χ0n) is 12.6. The highest BCUT2D eigenvalue weighted by molar-refractivity contribution is 5.67. The van der Waals surface area contributed by atoms with Gasteiger partial charge in [0.05, 0.1) is 18.2 Å². The van der Waals surface area contributed by atoms with Crippen LogP contribution in [-0.4, -0.2) is 36.7 Å². The van der Waals surface area contributed by atoms with E-state index in [1.807, 2.05) is 32.0 Å². The minimum absolute atomic E-state index is 0.217. The number of carbonyl (C=O) groups excluding carboxylic acids is 1. The quantitative estimate of drug-likeness (QED) is 0.928. The second kappa shape index (κ2) is 6.98. The summed E-state index contributed by atoms with van der Waals surface area (Å²) < 4.78 is 5.01. The average Bonchev–Trinajstić information content (AvgIpc) is 2.48. The molecule has 0 spiro atoms. The van der Waals surface area contributed by atoms with E-state index in [2.05, 4.69) is 11.4 Å². The van der Waals surface area contributed by atoms with Gasteiger partial charge in [-0.05, 0) is 50.5 Å². The standard InChI is InChI=1S/C16H21N3O2/c1-3-21-16(20)19-8-6-14(7-9-19)18-15-5-4-13(11-17)12(2)10-15/h4-5,10,14,18H,3,6-9H2,1-2H3. The van der Waals surface area contributed by atoms with Crippen LogP contribution in [0.4, 0.5) is 10.5 Å². The molecule has 1 aromatic rings. The topological polar surface area (TPSA) is 65.4 Å². The molecule has 1 aliphatic heterocycles. The first kappa shape index (κ1) is 15.2. The lowest BCUT2D eigenvalue weighted by atomic mass is 10.0. The van der Waals surface area contributed by atoms with Gasteiger partial charge in [0.25, 0.3) is 0 Å². The fourth-order valence-electron chi connectivity index (χ4n) is 2.54. The van der Waals surface area contributed by atoms with Crippen LogP contribution in [0, 0.1) is 18.3 Å². The van der Waals surface area contributed by atoms with E-state index in [1.54, 1.807) is 4.90 Å². The zero-order valence-corrected chi connectivity index (χ0v) is 12.6. The minimum Gasteiger partial charge on any atom is -0.450 e. The molecule has 0 unspecified atom stereocenters. The van der Waals surface area contributed by atoms with Crippen molar-refractivity contribution in [2.24, 2.45) is 0 Å². The Labute approximate surface area is 125 Å². The Morgan fingerprint density at radius 2 is 2.19 bits per heavy atom. The van der Waals surface area contributed by atoms with Crippen LogP contribution in [0.5, 0.6) is 0 Å². The smallest absolute Gasteiger partial charge is 0.409 e. The molecule has 1 fully saturated rings. The van der Waals surface area contributed by atoms with E-state index in [4.69, 9.17) is 10.00 Å². The molecule has 1 heterocycles. The molecule has 1 saturated heterocycles. The van der Waals surface area contributed by atoms with Gasteiger partial charge in [-0.1, -0.05) is 0 Å². The molecule has 0 radical (unpaired) electrons. The highest BCUT2D eigenvalue weighted by atomic mass is 16.6. The van der Waals surface area contributed by atoms with Crippen LogP contribution in [0.3, 0.4) is 0 Å². The maximum absolute atomic E-state index is 11.6. The van der Waals surface area contributed by atoms with Gasteiger partial charge in [0.1, 0.15) is 0 Å². The molecule has 0 aromatic heterocycles. The van der Waals surface area contributed by atoms with Crippen molar-refractivity contribution in [3.05, 3.63) is 29.3 Å². The zero-order chi connectivity index (χ0) is 15.2. The first-order valence-corrected chi connectivity index (χ1v) is 7.33. The summed E-state index contributed by atoms with van der Waals surface area (Å²) in [4.78, 5) is 13.4. The molecule has 0 aliphatic carbocycles. The number of anilines is 1. The van der Waals surface area contributed by atoms with Gasteiger partial charge in [0.2, 0.25) is 0 Å². The molecule has 1 aromatic carbocycles. The van der Waals surface area contributed by atoms with Gasteiger partial charge in [-0.25, -0.2) is 4.79 Å². The summed E-state index contributed by atoms with van der Waals surface area (Å²) >= 11 is 0. The highest BCUT2D eigenvalue weighted by Gasteiger charge is 2.23. The number of nitriles is 1. The van der Waals surface area contributed by atoms with Gasteiger partial charge < -0.3 is 15.0 Å². The van der Waals surface area contributed by atoms with E-state index in [0.29, 0.717) is 31.3 Å². The Hall–Kier alpha value is -2.22. The first-order valence-electron chi connectivity index (χ1n) is 7.33. The predicted octanol–water partition coefficient (Wildman–Crippen LogP) is 2.90. The number of piperidine rings is 1. The maximum Gasteiger partial charge on any atom is 0.409 e. The van der Waals surface area contributed by atoms with E-state index in [9.17, 15) is 4.79 Å². The third-order valence-corrected chi connectivity index (χ3v) is 3.74. The summed E-state index contributed by atoms with van der Waals surface area (Å²) in [5, 5.41) is 12.4. The van der Waals surface area contributed by atoms with E-state index >= 15 is 0 Å². The van der Waals surface area contributed by atoms with Crippen molar-refractivity contribution in [1.82, 2.24) is 4.90 Å². The van der Waals surface area contributed by atoms with Gasteiger partial charge in [-0.3, -0.25) is 0 Å². The summed E-state index contributed by atoms with van der Waals surface area (Å²) in [6.45, 7) is 5.60. The van der Waals surface area contributed by atoms with E-state index in [-0.39, 0.29) is 6.09 Å². The number of likely N-dealkylation sites (tertiary alicyclic amines) is 1. The lowest BCUT2D eigenvalue weighted by molar-refractivity contribution is 0.0983. The fourth-order valence-corrected chi connectivity index (χ4v) is 2.54. The summed E-state index contributed by atoms with van der Waals surface area (Å²) in [7, 11) is 0. The van der Waals surface area contributed by atoms with Crippen LogP contribution in [0.15, 0.2) is 18.2 Å². The third kappa shape index (κ3) is 3.88. The summed E-state index contributed by atoms with van der Waals surface area (Å²) in [6, 6.07) is 8.29. The molecule has 5 nitrogen and oxygen atoms in total. The van der Waals surface area contributed by atoms with Crippen LogP contribution in [0.2, 0.25) is 0 Å². The molecule has 5 heteroatoms. The number of nitrogens with zero attached hydrogens (tertiary/aromatic N) is 2. The molecule has 2 rings (SSSR count). The number of ether oxygens (including phenoxy) is 1. The third-order valence-electron chi connectivity index (χ3n) is 3.74. The number of hydrogen-bond donors (Lipinski definition) is 1. The van der Waals surface area contributed by atoms with Gasteiger partial charge in [0, 0.05) is 24.8 Å². The summed E-state index contributed by atoms with van der Waals surface area (Å²) in [5.41, 5.74) is 2.71. The molecule has 112 valence electrons. The number of aryl methyl sites for hydroxylation is 1. The number of benzene rings is 1. The monoisotopic (exact) mass is 287 g/mol. The maximum atomic E-state index is 11.6. The van der Waals surface area contributed by atoms with Gasteiger partial charge >= 0.3 is 6.09 Å². The molecule has 1 N–H and O–H groups in total. The Bertz CT molecular complexity index is 543. The largest absolute Gasteiger partial charge is 0.450 e. The molecule has 0 atom stereocenters. The van der Waals surface area contributed by atoms with Crippen molar-refractivity contribution in [3.8, 4) is 6.07 Å². The number of nitrogens with one attached hydrogen (secondary N) is 1. The second-order valence-corrected chi connectivity index (χ2v) is 5.25. The van der Waals surface area contributed by atoms with E-state index in [1.165, 1.54) is 0 Å². The van der Waals surface area contributed by atoms with Crippen molar-refractivity contribution < 1.29 is 9.53 Å². The average molecular weight is 287 g/mol. The van der Waals surface area contributed by atoms with Crippen molar-refractivity contribution >= 4 is 11.8 Å². The minimum atomic E-state index is -0.217. The number of carbonyl (C=O) groups is 1. The Morgan fingerprint density at radius 1 is 1.48 bits per heavy atom. The molecular formula is C16H21N3O2.